The van der Waals surface area contributed by atoms with Crippen molar-refractivity contribution in [3.05, 3.63) is 29.3 Å². The maximum absolute atomic E-state index is 4.94. The average molecular weight is 229 g/mol. The summed E-state index contributed by atoms with van der Waals surface area (Å²) in [6.07, 6.45) is 3.95. The molecule has 1 fully saturated rings. The van der Waals surface area contributed by atoms with E-state index >= 15 is 0 Å². The second-order valence-electron chi connectivity index (χ2n) is 5.56. The van der Waals surface area contributed by atoms with Gasteiger partial charge in [0.15, 0.2) is 0 Å². The van der Waals surface area contributed by atoms with E-state index in [4.69, 9.17) is 4.99 Å². The topological polar surface area (TPSA) is 12.4 Å². The number of rotatable bonds is 1. The minimum absolute atomic E-state index is 0.652. The van der Waals surface area contributed by atoms with Gasteiger partial charge >= 0.3 is 0 Å². The van der Waals surface area contributed by atoms with E-state index in [1.807, 2.05) is 0 Å². The fraction of sp³-hybridized carbons (Fsp3) is 0.562. The Morgan fingerprint density at radius 2 is 1.71 bits per heavy atom. The lowest BCUT2D eigenvalue weighted by Crippen LogP contribution is -2.24. The van der Waals surface area contributed by atoms with Crippen LogP contribution in [0, 0.1) is 25.7 Å². The summed E-state index contributed by atoms with van der Waals surface area (Å²) in [5.74, 6) is 1.30. The quantitative estimate of drug-likeness (QED) is 0.654. The van der Waals surface area contributed by atoms with Crippen LogP contribution in [0.4, 0.5) is 5.69 Å². The standard InChI is InChI=1S/C16H23N/c1-11-8-9-15(14(4)10-11)17-16-12(2)6-5-7-13(16)3/h8-10,12-13H,5-7H2,1-4H3. The van der Waals surface area contributed by atoms with Gasteiger partial charge in [0.1, 0.15) is 0 Å². The predicted octanol–water partition coefficient (Wildman–Crippen LogP) is 4.83. The number of hydrogen-bond acceptors (Lipinski definition) is 1. The fourth-order valence-corrected chi connectivity index (χ4v) is 2.80. The van der Waals surface area contributed by atoms with E-state index in [0.29, 0.717) is 11.8 Å². The molecular weight excluding hydrogens is 206 g/mol. The van der Waals surface area contributed by atoms with Gasteiger partial charge in [0.2, 0.25) is 0 Å². The van der Waals surface area contributed by atoms with Gasteiger partial charge in [-0.3, -0.25) is 4.99 Å². The monoisotopic (exact) mass is 229 g/mol. The Labute approximate surface area is 105 Å². The molecule has 0 aliphatic heterocycles. The highest BCUT2D eigenvalue weighted by atomic mass is 14.8. The fourth-order valence-electron chi connectivity index (χ4n) is 2.80. The summed E-state index contributed by atoms with van der Waals surface area (Å²) in [4.78, 5) is 4.94. The zero-order valence-corrected chi connectivity index (χ0v) is 11.5. The Morgan fingerprint density at radius 3 is 2.29 bits per heavy atom. The molecule has 0 radical (unpaired) electrons. The van der Waals surface area contributed by atoms with Crippen molar-refractivity contribution in [2.75, 3.05) is 0 Å². The molecule has 92 valence electrons. The van der Waals surface area contributed by atoms with Crippen LogP contribution in [0.15, 0.2) is 23.2 Å². The third-order valence-electron chi connectivity index (χ3n) is 3.89. The van der Waals surface area contributed by atoms with E-state index < -0.39 is 0 Å². The van der Waals surface area contributed by atoms with Crippen molar-refractivity contribution in [2.24, 2.45) is 16.8 Å². The summed E-state index contributed by atoms with van der Waals surface area (Å²) in [6, 6.07) is 6.54. The molecule has 17 heavy (non-hydrogen) atoms. The largest absolute Gasteiger partial charge is 0.257 e. The van der Waals surface area contributed by atoms with Gasteiger partial charge in [0, 0.05) is 5.71 Å². The molecule has 0 amide bonds. The van der Waals surface area contributed by atoms with E-state index in [-0.39, 0.29) is 0 Å². The van der Waals surface area contributed by atoms with Crippen molar-refractivity contribution in [2.45, 2.75) is 47.0 Å². The molecule has 0 bridgehead atoms. The van der Waals surface area contributed by atoms with Gasteiger partial charge in [-0.15, -0.1) is 0 Å². The Balaban J connectivity index is 2.33. The van der Waals surface area contributed by atoms with Gasteiger partial charge in [-0.2, -0.15) is 0 Å². The van der Waals surface area contributed by atoms with Gasteiger partial charge < -0.3 is 0 Å². The molecule has 1 aliphatic rings. The number of aliphatic imine (C=N–C) groups is 1. The van der Waals surface area contributed by atoms with Gasteiger partial charge in [0.05, 0.1) is 5.69 Å². The van der Waals surface area contributed by atoms with Crippen LogP contribution in [0.1, 0.15) is 44.2 Å². The summed E-state index contributed by atoms with van der Waals surface area (Å²) in [7, 11) is 0. The lowest BCUT2D eigenvalue weighted by Gasteiger charge is -2.26. The first-order valence-electron chi connectivity index (χ1n) is 6.73. The van der Waals surface area contributed by atoms with E-state index in [2.05, 4.69) is 45.9 Å². The van der Waals surface area contributed by atoms with Crippen molar-refractivity contribution < 1.29 is 0 Å². The molecule has 2 rings (SSSR count). The lowest BCUT2D eigenvalue weighted by atomic mass is 9.81. The molecule has 1 aliphatic carbocycles. The summed E-state index contributed by atoms with van der Waals surface area (Å²) < 4.78 is 0. The van der Waals surface area contributed by atoms with Crippen LogP contribution in [0.3, 0.4) is 0 Å². The SMILES string of the molecule is Cc1ccc(N=C2C(C)CCCC2C)c(C)c1. The molecule has 1 aromatic carbocycles. The number of aryl methyl sites for hydroxylation is 2. The minimum Gasteiger partial charge on any atom is -0.257 e. The van der Waals surface area contributed by atoms with Crippen LogP contribution < -0.4 is 0 Å². The van der Waals surface area contributed by atoms with E-state index in [1.54, 1.807) is 0 Å². The van der Waals surface area contributed by atoms with E-state index in [0.717, 1.165) is 5.69 Å². The zero-order valence-electron chi connectivity index (χ0n) is 11.5. The van der Waals surface area contributed by atoms with Gasteiger partial charge in [0.25, 0.3) is 0 Å². The molecule has 1 saturated carbocycles. The van der Waals surface area contributed by atoms with E-state index in [9.17, 15) is 0 Å². The molecule has 1 nitrogen and oxygen atoms in total. The summed E-state index contributed by atoms with van der Waals surface area (Å²) >= 11 is 0. The first-order valence-corrected chi connectivity index (χ1v) is 6.73. The first-order chi connectivity index (χ1) is 8.08. The molecule has 0 heterocycles. The Bertz CT molecular complexity index is 419. The summed E-state index contributed by atoms with van der Waals surface area (Å²) in [5.41, 5.74) is 5.17. The molecule has 0 N–H and O–H groups in total. The molecule has 1 heteroatoms. The van der Waals surface area contributed by atoms with Crippen LogP contribution in [0.2, 0.25) is 0 Å². The highest BCUT2D eigenvalue weighted by Crippen LogP contribution is 2.29. The number of nitrogens with zero attached hydrogens (tertiary/aromatic N) is 1. The van der Waals surface area contributed by atoms with Crippen molar-refractivity contribution in [3.8, 4) is 0 Å². The molecular formula is C16H23N. The van der Waals surface area contributed by atoms with Crippen molar-refractivity contribution in [1.29, 1.82) is 0 Å². The number of hydrogen-bond donors (Lipinski definition) is 0. The third kappa shape index (κ3) is 2.77. The normalized spacial score (nSPS) is 24.8. The molecule has 2 atom stereocenters. The van der Waals surface area contributed by atoms with Crippen LogP contribution >= 0.6 is 0 Å². The summed E-state index contributed by atoms with van der Waals surface area (Å²) in [5, 5.41) is 0. The van der Waals surface area contributed by atoms with Crippen molar-refractivity contribution in [1.82, 2.24) is 0 Å². The Hall–Kier alpha value is -1.11. The van der Waals surface area contributed by atoms with Crippen molar-refractivity contribution in [3.63, 3.8) is 0 Å². The minimum atomic E-state index is 0.652. The molecule has 1 aromatic rings. The Kier molecular flexibility index (Phi) is 3.66. The highest BCUT2D eigenvalue weighted by Gasteiger charge is 2.22. The smallest absolute Gasteiger partial charge is 0.0658 e. The van der Waals surface area contributed by atoms with Crippen LogP contribution in [-0.2, 0) is 0 Å². The molecule has 0 spiro atoms. The lowest BCUT2D eigenvalue weighted by molar-refractivity contribution is 0.487. The maximum Gasteiger partial charge on any atom is 0.0658 e. The van der Waals surface area contributed by atoms with Crippen LogP contribution in [0.5, 0.6) is 0 Å². The van der Waals surface area contributed by atoms with Crippen LogP contribution in [0.25, 0.3) is 0 Å². The van der Waals surface area contributed by atoms with Crippen molar-refractivity contribution >= 4 is 11.4 Å². The highest BCUT2D eigenvalue weighted by molar-refractivity contribution is 5.91. The van der Waals surface area contributed by atoms with E-state index in [1.165, 1.54) is 36.1 Å². The zero-order chi connectivity index (χ0) is 12.4. The molecule has 2 unspecified atom stereocenters. The average Bonchev–Trinajstić information content (AvgIpc) is 2.26. The third-order valence-corrected chi connectivity index (χ3v) is 3.89. The van der Waals surface area contributed by atoms with Crippen LogP contribution in [-0.4, -0.2) is 5.71 Å². The van der Waals surface area contributed by atoms with Gasteiger partial charge in [-0.05, 0) is 50.2 Å². The predicted molar refractivity (Wildman–Crippen MR) is 75.2 cm³/mol. The molecule has 0 aromatic heterocycles. The van der Waals surface area contributed by atoms with Gasteiger partial charge in [-0.25, -0.2) is 0 Å². The Morgan fingerprint density at radius 1 is 1.06 bits per heavy atom. The second kappa shape index (κ2) is 5.03. The van der Waals surface area contributed by atoms with Gasteiger partial charge in [-0.1, -0.05) is 38.0 Å². The maximum atomic E-state index is 4.94. The number of benzene rings is 1. The molecule has 0 saturated heterocycles. The first kappa shape index (κ1) is 12.3. The second-order valence-corrected chi connectivity index (χ2v) is 5.56. The summed E-state index contributed by atoms with van der Waals surface area (Å²) in [6.45, 7) is 8.93.